The van der Waals surface area contributed by atoms with Crippen LogP contribution in [0.3, 0.4) is 0 Å². The van der Waals surface area contributed by atoms with Crippen LogP contribution in [0, 0.1) is 0 Å². The fraction of sp³-hybridized carbons (Fsp3) is 0. The minimum Gasteiger partial charge on any atom is -2.00 e. The van der Waals surface area contributed by atoms with E-state index in [1.807, 2.05) is 0 Å². The molecule has 0 bridgehead atoms. The summed E-state index contributed by atoms with van der Waals surface area (Å²) in [5, 5.41) is 0. The molecule has 0 aliphatic carbocycles. The Morgan fingerprint density at radius 2 is 0.455 bits per heavy atom. The van der Waals surface area contributed by atoms with Gasteiger partial charge in [-0.15, -0.1) is 0 Å². The molecule has 3 nitrogen and oxygen atoms in total. The SMILES string of the molecule is [Al+3].[Al+3].[Co].[Co].[Cu].[Cu].[Ni].[Ni].[O-2].[O-2].[O-2]. The van der Waals surface area contributed by atoms with Crippen molar-refractivity contribution in [1.29, 1.82) is 0 Å². The summed E-state index contributed by atoms with van der Waals surface area (Å²) in [6.45, 7) is 0. The Balaban J connectivity index is 0. The molecule has 0 saturated heterocycles. The Labute approximate surface area is 149 Å². The summed E-state index contributed by atoms with van der Waals surface area (Å²) >= 11 is 0. The first-order valence-corrected chi connectivity index (χ1v) is 0. The minimum atomic E-state index is 0. The molecule has 0 spiro atoms. The van der Waals surface area contributed by atoms with Gasteiger partial charge in [-0.05, 0) is 0 Å². The van der Waals surface area contributed by atoms with E-state index >= 15 is 0 Å². The molecular formula is Al2Co2Cu2Ni2O3. The topological polar surface area (TPSA) is 85.5 Å². The second kappa shape index (κ2) is 149. The van der Waals surface area contributed by atoms with Gasteiger partial charge in [0.15, 0.2) is 0 Å². The molecule has 0 atom stereocenters. The van der Waals surface area contributed by atoms with Crippen LogP contribution in [-0.2, 0) is 117 Å². The van der Waals surface area contributed by atoms with Gasteiger partial charge in [0.1, 0.15) is 0 Å². The van der Waals surface area contributed by atoms with Gasteiger partial charge in [0.05, 0.1) is 0 Å². The Morgan fingerprint density at radius 1 is 0.455 bits per heavy atom. The average Bonchev–Trinajstić information content (AvgIpc) is 0. The Morgan fingerprint density at radius 3 is 0.455 bits per heavy atom. The van der Waals surface area contributed by atoms with Crippen molar-refractivity contribution in [2.24, 2.45) is 0 Å². The molecule has 4 radical (unpaired) electrons. The van der Waals surface area contributed by atoms with Crippen LogP contribution in [0.5, 0.6) is 0 Å². The first-order chi connectivity index (χ1) is 0. The largest absolute Gasteiger partial charge is 3.00 e. The molecule has 0 heterocycles. The molecule has 11 heavy (non-hydrogen) atoms. The molecule has 11 heteroatoms. The summed E-state index contributed by atoms with van der Waals surface area (Å²) in [5.74, 6) is 0. The van der Waals surface area contributed by atoms with Crippen molar-refractivity contribution < 1.29 is 117 Å². The van der Waals surface area contributed by atoms with Crippen molar-refractivity contribution in [1.82, 2.24) is 0 Å². The maximum absolute atomic E-state index is 0. The van der Waals surface area contributed by atoms with Gasteiger partial charge in [0.25, 0.3) is 0 Å². The van der Waals surface area contributed by atoms with Gasteiger partial charge in [-0.25, -0.2) is 0 Å². The van der Waals surface area contributed by atoms with E-state index in [1.165, 1.54) is 0 Å². The summed E-state index contributed by atoms with van der Waals surface area (Å²) in [6.07, 6.45) is 0. The van der Waals surface area contributed by atoms with Gasteiger partial charge in [0, 0.05) is 101 Å². The van der Waals surface area contributed by atoms with E-state index < -0.39 is 0 Å². The molecule has 0 aromatic rings. The Bertz CT molecular complexity index is 25.3. The zero-order valence-corrected chi connectivity index (χ0v) is 12.5. The summed E-state index contributed by atoms with van der Waals surface area (Å²) in [5.41, 5.74) is 0. The van der Waals surface area contributed by atoms with E-state index in [0.29, 0.717) is 0 Å². The van der Waals surface area contributed by atoms with Gasteiger partial charge in [-0.3, -0.25) is 0 Å². The molecule has 0 aliphatic rings. The van der Waals surface area contributed by atoms with Crippen molar-refractivity contribution in [2.75, 3.05) is 0 Å². The first kappa shape index (κ1) is 185. The monoisotopic (exact) mass is 462 g/mol. The van der Waals surface area contributed by atoms with Crippen molar-refractivity contribution in [3.8, 4) is 0 Å². The molecule has 0 saturated carbocycles. The van der Waals surface area contributed by atoms with Gasteiger partial charge in [0.2, 0.25) is 0 Å². The quantitative estimate of drug-likeness (QED) is 0.407. The number of rotatable bonds is 0. The molecule has 0 unspecified atom stereocenters. The predicted molar refractivity (Wildman–Crippen MR) is 13.6 cm³/mol. The van der Waals surface area contributed by atoms with E-state index in [4.69, 9.17) is 0 Å². The zero-order valence-electron chi connectivity index (χ0n) is 4.28. The van der Waals surface area contributed by atoms with Crippen LogP contribution < -0.4 is 0 Å². The predicted octanol–water partition coefficient (Wildman–Crippen LogP) is -1.13. The summed E-state index contributed by atoms with van der Waals surface area (Å²) in [6, 6.07) is 0. The van der Waals surface area contributed by atoms with Crippen molar-refractivity contribution in [3.63, 3.8) is 0 Å². The van der Waals surface area contributed by atoms with E-state index in [2.05, 4.69) is 0 Å². The van der Waals surface area contributed by atoms with Crippen LogP contribution >= 0.6 is 0 Å². The normalized spacial score (nSPS) is 0. The number of hydrogen-bond donors (Lipinski definition) is 0. The molecule has 0 aromatic heterocycles. The van der Waals surface area contributed by atoms with E-state index in [0.717, 1.165) is 0 Å². The Hall–Kier alpha value is 3.98. The molecule has 84 valence electrons. The van der Waals surface area contributed by atoms with E-state index in [-0.39, 0.29) is 152 Å². The molecule has 0 amide bonds. The van der Waals surface area contributed by atoms with Crippen LogP contribution in [0.15, 0.2) is 0 Å². The molecule has 0 aliphatic heterocycles. The summed E-state index contributed by atoms with van der Waals surface area (Å²) in [4.78, 5) is 0. The molecule has 0 fully saturated rings. The van der Waals surface area contributed by atoms with Crippen LogP contribution in [0.25, 0.3) is 0 Å². The summed E-state index contributed by atoms with van der Waals surface area (Å²) < 4.78 is 0. The minimum absolute atomic E-state index is 0. The van der Waals surface area contributed by atoms with Gasteiger partial charge < -0.3 is 16.4 Å². The van der Waals surface area contributed by atoms with E-state index in [9.17, 15) is 0 Å². The molecule has 0 N–H and O–H groups in total. The van der Waals surface area contributed by atoms with Crippen LogP contribution in [-0.4, -0.2) is 34.7 Å². The summed E-state index contributed by atoms with van der Waals surface area (Å²) in [7, 11) is 0. The fourth-order valence-corrected chi connectivity index (χ4v) is 0. The maximum atomic E-state index is 0. The number of hydrogen-bond acceptors (Lipinski definition) is 0. The van der Waals surface area contributed by atoms with Crippen LogP contribution in [0.4, 0.5) is 0 Å². The van der Waals surface area contributed by atoms with E-state index in [1.54, 1.807) is 0 Å². The fourth-order valence-electron chi connectivity index (χ4n) is 0. The van der Waals surface area contributed by atoms with Crippen LogP contribution in [0.2, 0.25) is 0 Å². The van der Waals surface area contributed by atoms with Crippen molar-refractivity contribution in [3.05, 3.63) is 0 Å². The van der Waals surface area contributed by atoms with Gasteiger partial charge in [-0.1, -0.05) is 0 Å². The van der Waals surface area contributed by atoms with Gasteiger partial charge in [-0.2, -0.15) is 0 Å². The second-order valence-electron chi connectivity index (χ2n) is 0. The van der Waals surface area contributed by atoms with Crippen LogP contribution in [0.1, 0.15) is 0 Å². The third-order valence-corrected chi connectivity index (χ3v) is 0. The smallest absolute Gasteiger partial charge is 2.00 e. The molecule has 0 rings (SSSR count). The maximum Gasteiger partial charge on any atom is 3.00 e. The third-order valence-electron chi connectivity index (χ3n) is 0. The Kier molecular flexibility index (Phi) is 2490. The average molecular weight is 464 g/mol. The standard InChI is InChI=1S/2Al.2Co.2Cu.2Ni.3O/q2*+3;;;;;;;3*-2. The first-order valence-electron chi connectivity index (χ1n) is 0. The zero-order chi connectivity index (χ0) is 0. The molecular weight excluding hydrogens is 464 g/mol. The molecule has 0 aromatic carbocycles. The second-order valence-corrected chi connectivity index (χ2v) is 0. The van der Waals surface area contributed by atoms with Crippen molar-refractivity contribution >= 4 is 34.7 Å². The van der Waals surface area contributed by atoms with Crippen molar-refractivity contribution in [2.45, 2.75) is 0 Å². The van der Waals surface area contributed by atoms with Gasteiger partial charge >= 0.3 is 34.7 Å². The third kappa shape index (κ3) is 127.